The zero-order chi connectivity index (χ0) is 17.0. The summed E-state index contributed by atoms with van der Waals surface area (Å²) < 4.78 is 38.2. The van der Waals surface area contributed by atoms with Gasteiger partial charge in [-0.1, -0.05) is 19.9 Å². The van der Waals surface area contributed by atoms with Crippen LogP contribution in [0.4, 0.5) is 30.6 Å². The van der Waals surface area contributed by atoms with Crippen molar-refractivity contribution in [3.63, 3.8) is 0 Å². The molecule has 7 heteroatoms. The zero-order valence-corrected chi connectivity index (χ0v) is 13.2. The first-order valence-corrected chi connectivity index (χ1v) is 7.28. The second-order valence-corrected chi connectivity index (χ2v) is 5.70. The molecule has 2 rings (SSSR count). The van der Waals surface area contributed by atoms with Gasteiger partial charge in [-0.05, 0) is 31.0 Å². The van der Waals surface area contributed by atoms with E-state index in [0.29, 0.717) is 29.9 Å². The molecule has 0 aliphatic carbocycles. The van der Waals surface area contributed by atoms with Gasteiger partial charge in [-0.3, -0.25) is 0 Å². The van der Waals surface area contributed by atoms with Crippen molar-refractivity contribution in [2.45, 2.75) is 26.9 Å². The number of aromatic nitrogens is 2. The molecule has 23 heavy (non-hydrogen) atoms. The number of nitrogens with one attached hydrogen (secondary N) is 2. The van der Waals surface area contributed by atoms with E-state index in [-0.39, 0.29) is 0 Å². The van der Waals surface area contributed by atoms with Crippen LogP contribution in [0, 0.1) is 12.8 Å². The molecule has 0 fully saturated rings. The normalized spacial score (nSPS) is 11.6. The Labute approximate surface area is 133 Å². The fourth-order valence-corrected chi connectivity index (χ4v) is 1.93. The van der Waals surface area contributed by atoms with E-state index in [1.54, 1.807) is 19.1 Å². The Morgan fingerprint density at radius 3 is 2.52 bits per heavy atom. The lowest BCUT2D eigenvalue weighted by Gasteiger charge is -2.12. The number of alkyl halides is 3. The van der Waals surface area contributed by atoms with E-state index in [1.165, 1.54) is 6.07 Å². The van der Waals surface area contributed by atoms with Gasteiger partial charge in [-0.25, -0.2) is 4.98 Å². The lowest BCUT2D eigenvalue weighted by atomic mass is 10.2. The van der Waals surface area contributed by atoms with E-state index in [0.717, 1.165) is 17.8 Å². The van der Waals surface area contributed by atoms with Crippen LogP contribution in [0.3, 0.4) is 0 Å². The van der Waals surface area contributed by atoms with Gasteiger partial charge >= 0.3 is 6.18 Å². The SMILES string of the molecule is Cc1cc(Nc2cccc(C(F)(F)F)c2)nc(NCC(C)C)n1. The summed E-state index contributed by atoms with van der Waals surface area (Å²) in [4.78, 5) is 8.54. The summed E-state index contributed by atoms with van der Waals surface area (Å²) in [5.74, 6) is 1.33. The van der Waals surface area contributed by atoms with Gasteiger partial charge in [0.25, 0.3) is 0 Å². The molecule has 0 amide bonds. The number of hydrogen-bond donors (Lipinski definition) is 2. The molecule has 2 aromatic rings. The van der Waals surface area contributed by atoms with Crippen LogP contribution in [-0.4, -0.2) is 16.5 Å². The molecule has 0 spiro atoms. The summed E-state index contributed by atoms with van der Waals surface area (Å²) in [6, 6.07) is 6.69. The minimum Gasteiger partial charge on any atom is -0.354 e. The second-order valence-electron chi connectivity index (χ2n) is 5.70. The quantitative estimate of drug-likeness (QED) is 0.843. The molecular weight excluding hydrogens is 305 g/mol. The molecule has 2 N–H and O–H groups in total. The Bertz CT molecular complexity index is 669. The van der Waals surface area contributed by atoms with Crippen LogP contribution in [0.5, 0.6) is 0 Å². The molecule has 4 nitrogen and oxygen atoms in total. The van der Waals surface area contributed by atoms with Crippen LogP contribution in [0.25, 0.3) is 0 Å². The van der Waals surface area contributed by atoms with Crippen molar-refractivity contribution in [1.29, 1.82) is 0 Å². The summed E-state index contributed by atoms with van der Waals surface area (Å²) in [5, 5.41) is 6.00. The first-order valence-electron chi connectivity index (χ1n) is 7.28. The number of hydrogen-bond acceptors (Lipinski definition) is 4. The third-order valence-electron chi connectivity index (χ3n) is 2.98. The van der Waals surface area contributed by atoms with Crippen LogP contribution in [-0.2, 0) is 6.18 Å². The van der Waals surface area contributed by atoms with Crippen molar-refractivity contribution in [2.24, 2.45) is 5.92 Å². The molecule has 0 saturated carbocycles. The van der Waals surface area contributed by atoms with Crippen molar-refractivity contribution in [3.8, 4) is 0 Å². The molecule has 1 aromatic heterocycles. The predicted octanol–water partition coefficient (Wildman–Crippen LogP) is 4.62. The Morgan fingerprint density at radius 2 is 1.87 bits per heavy atom. The zero-order valence-electron chi connectivity index (χ0n) is 13.2. The molecule has 0 radical (unpaired) electrons. The Balaban J connectivity index is 2.20. The van der Waals surface area contributed by atoms with E-state index >= 15 is 0 Å². The molecule has 1 heterocycles. The van der Waals surface area contributed by atoms with Crippen molar-refractivity contribution in [3.05, 3.63) is 41.6 Å². The lowest BCUT2D eigenvalue weighted by Crippen LogP contribution is -2.12. The standard InChI is InChI=1S/C16H19F3N4/c1-10(2)9-20-15-21-11(3)7-14(23-15)22-13-6-4-5-12(8-13)16(17,18)19/h4-8,10H,9H2,1-3H3,(H2,20,21,22,23). The first-order chi connectivity index (χ1) is 10.7. The molecular formula is C16H19F3N4. The van der Waals surface area contributed by atoms with Crippen LogP contribution >= 0.6 is 0 Å². The van der Waals surface area contributed by atoms with Gasteiger partial charge in [-0.15, -0.1) is 0 Å². The van der Waals surface area contributed by atoms with Gasteiger partial charge in [0.15, 0.2) is 0 Å². The molecule has 0 bridgehead atoms. The molecule has 0 unspecified atom stereocenters. The average Bonchev–Trinajstić information content (AvgIpc) is 2.44. The van der Waals surface area contributed by atoms with Crippen molar-refractivity contribution < 1.29 is 13.2 Å². The third kappa shape index (κ3) is 5.12. The van der Waals surface area contributed by atoms with Crippen molar-refractivity contribution in [2.75, 3.05) is 17.2 Å². The van der Waals surface area contributed by atoms with Gasteiger partial charge in [0, 0.05) is 24.0 Å². The minimum atomic E-state index is -4.37. The molecule has 0 aliphatic heterocycles. The minimum absolute atomic E-state index is 0.327. The van der Waals surface area contributed by atoms with Gasteiger partial charge < -0.3 is 10.6 Å². The predicted molar refractivity (Wildman–Crippen MR) is 84.8 cm³/mol. The van der Waals surface area contributed by atoms with Crippen molar-refractivity contribution in [1.82, 2.24) is 9.97 Å². The highest BCUT2D eigenvalue weighted by molar-refractivity contribution is 5.58. The smallest absolute Gasteiger partial charge is 0.354 e. The number of benzene rings is 1. The third-order valence-corrected chi connectivity index (χ3v) is 2.98. The number of anilines is 3. The summed E-state index contributed by atoms with van der Waals surface area (Å²) in [7, 11) is 0. The molecule has 124 valence electrons. The monoisotopic (exact) mass is 324 g/mol. The highest BCUT2D eigenvalue weighted by atomic mass is 19.4. The summed E-state index contributed by atoms with van der Waals surface area (Å²) in [5.41, 5.74) is 0.347. The molecule has 1 aromatic carbocycles. The Hall–Kier alpha value is -2.31. The molecule has 0 saturated heterocycles. The first kappa shape index (κ1) is 17.1. The van der Waals surface area contributed by atoms with Crippen LogP contribution in [0.15, 0.2) is 30.3 Å². The fourth-order valence-electron chi connectivity index (χ4n) is 1.93. The van der Waals surface area contributed by atoms with Gasteiger partial charge in [0.1, 0.15) is 5.82 Å². The van der Waals surface area contributed by atoms with Crippen LogP contribution < -0.4 is 10.6 Å². The largest absolute Gasteiger partial charge is 0.416 e. The second kappa shape index (κ2) is 6.85. The summed E-state index contributed by atoms with van der Waals surface area (Å²) >= 11 is 0. The maximum absolute atomic E-state index is 12.7. The van der Waals surface area contributed by atoms with E-state index in [4.69, 9.17) is 0 Å². The summed E-state index contributed by atoms with van der Waals surface area (Å²) in [6.07, 6.45) is -4.37. The average molecular weight is 324 g/mol. The lowest BCUT2D eigenvalue weighted by molar-refractivity contribution is -0.137. The number of rotatable bonds is 5. The number of aryl methyl sites for hydroxylation is 1. The van der Waals surface area contributed by atoms with Crippen LogP contribution in [0.1, 0.15) is 25.1 Å². The number of halogens is 3. The summed E-state index contributed by atoms with van der Waals surface area (Å²) in [6.45, 7) is 6.64. The van der Waals surface area contributed by atoms with Gasteiger partial charge in [0.2, 0.25) is 5.95 Å². The Kier molecular flexibility index (Phi) is 5.08. The van der Waals surface area contributed by atoms with Crippen molar-refractivity contribution >= 4 is 17.5 Å². The van der Waals surface area contributed by atoms with Gasteiger partial charge in [0.05, 0.1) is 5.56 Å². The maximum Gasteiger partial charge on any atom is 0.416 e. The van der Waals surface area contributed by atoms with E-state index < -0.39 is 11.7 Å². The molecule has 0 aliphatic rings. The highest BCUT2D eigenvalue weighted by Crippen LogP contribution is 2.31. The van der Waals surface area contributed by atoms with E-state index in [9.17, 15) is 13.2 Å². The topological polar surface area (TPSA) is 49.8 Å². The van der Waals surface area contributed by atoms with Crippen LogP contribution in [0.2, 0.25) is 0 Å². The maximum atomic E-state index is 12.7. The highest BCUT2D eigenvalue weighted by Gasteiger charge is 2.30. The fraction of sp³-hybridized carbons (Fsp3) is 0.375. The Morgan fingerprint density at radius 1 is 1.13 bits per heavy atom. The van der Waals surface area contributed by atoms with E-state index in [1.807, 2.05) is 0 Å². The number of nitrogens with zero attached hydrogens (tertiary/aromatic N) is 2. The molecule has 0 atom stereocenters. The van der Waals surface area contributed by atoms with Gasteiger partial charge in [-0.2, -0.15) is 18.2 Å². The van der Waals surface area contributed by atoms with E-state index in [2.05, 4.69) is 34.4 Å².